The zero-order valence-electron chi connectivity index (χ0n) is 19.2. The number of hydrogen-bond acceptors (Lipinski definition) is 9. The summed E-state index contributed by atoms with van der Waals surface area (Å²) in [6, 6.07) is 11.2. The highest BCUT2D eigenvalue weighted by Gasteiger charge is 2.27. The van der Waals surface area contributed by atoms with E-state index in [0.717, 1.165) is 43.2 Å². The number of carbonyl (C=O) groups excluding carboxylic acids is 1. The van der Waals surface area contributed by atoms with Crippen LogP contribution in [0.2, 0.25) is 0 Å². The first-order valence-corrected chi connectivity index (χ1v) is 12.0. The summed E-state index contributed by atoms with van der Waals surface area (Å²) < 4.78 is 16.1. The lowest BCUT2D eigenvalue weighted by Crippen LogP contribution is -2.46. The average Bonchev–Trinajstić information content (AvgIpc) is 3.40. The fourth-order valence-corrected chi connectivity index (χ4v) is 4.85. The van der Waals surface area contributed by atoms with E-state index in [1.807, 2.05) is 41.1 Å². The van der Waals surface area contributed by atoms with Crippen LogP contribution < -0.4 is 15.1 Å². The molecule has 0 bridgehead atoms. The molecule has 1 N–H and O–H groups in total. The van der Waals surface area contributed by atoms with Crippen LogP contribution in [0.4, 0.5) is 5.69 Å². The number of ether oxygens (including phenoxy) is 2. The Balaban J connectivity index is 1.49. The second-order valence-electron chi connectivity index (χ2n) is 8.14. The van der Waals surface area contributed by atoms with Crippen LogP contribution in [0.1, 0.15) is 29.4 Å². The van der Waals surface area contributed by atoms with E-state index in [4.69, 9.17) is 13.9 Å². The van der Waals surface area contributed by atoms with Crippen LogP contribution in [0.15, 0.2) is 56.4 Å². The number of piperazine rings is 1. The Morgan fingerprint density at radius 3 is 2.50 bits per heavy atom. The number of thiophene rings is 1. The highest BCUT2D eigenvalue weighted by Crippen LogP contribution is 2.34. The minimum Gasteiger partial charge on any atom is -0.502 e. The van der Waals surface area contributed by atoms with Gasteiger partial charge in [0, 0.05) is 37.9 Å². The predicted molar refractivity (Wildman–Crippen MR) is 130 cm³/mol. The van der Waals surface area contributed by atoms with Gasteiger partial charge in [-0.3, -0.25) is 14.5 Å². The summed E-state index contributed by atoms with van der Waals surface area (Å²) in [4.78, 5) is 29.1. The number of aromatic hydroxyl groups is 1. The Morgan fingerprint density at radius 1 is 1.15 bits per heavy atom. The molecule has 1 aliphatic heterocycles. The molecule has 1 fully saturated rings. The van der Waals surface area contributed by atoms with E-state index in [1.165, 1.54) is 24.5 Å². The Morgan fingerprint density at radius 2 is 1.88 bits per heavy atom. The molecule has 1 aliphatic rings. The Labute approximate surface area is 201 Å². The lowest BCUT2D eigenvalue weighted by Gasteiger charge is -2.36. The van der Waals surface area contributed by atoms with Gasteiger partial charge in [0.25, 0.3) is 0 Å². The minimum absolute atomic E-state index is 0.0340. The van der Waals surface area contributed by atoms with E-state index >= 15 is 0 Å². The molecule has 8 nitrogen and oxygen atoms in total. The zero-order chi connectivity index (χ0) is 24.1. The number of rotatable bonds is 8. The largest absolute Gasteiger partial charge is 0.502 e. The van der Waals surface area contributed by atoms with E-state index < -0.39 is 23.1 Å². The van der Waals surface area contributed by atoms with E-state index in [1.54, 1.807) is 7.11 Å². The van der Waals surface area contributed by atoms with Crippen molar-refractivity contribution in [3.05, 3.63) is 74.5 Å². The first kappa shape index (κ1) is 23.8. The van der Waals surface area contributed by atoms with Crippen LogP contribution in [0.3, 0.4) is 0 Å². The molecule has 0 amide bonds. The summed E-state index contributed by atoms with van der Waals surface area (Å²) in [6.45, 7) is 3.69. The molecule has 4 rings (SSSR count). The first-order chi connectivity index (χ1) is 16.5. The summed E-state index contributed by atoms with van der Waals surface area (Å²) in [5.41, 5.74) is 1.41. The van der Waals surface area contributed by atoms with Gasteiger partial charge in [0.2, 0.25) is 11.2 Å². The Hall–Kier alpha value is -3.30. The second-order valence-corrected chi connectivity index (χ2v) is 8.92. The van der Waals surface area contributed by atoms with Crippen molar-refractivity contribution in [2.75, 3.05) is 45.3 Å². The Bertz CT molecular complexity index is 1150. The fraction of sp³-hybridized carbons (Fsp3) is 0.360. The molecule has 9 heteroatoms. The molecule has 2 aromatic heterocycles. The SMILES string of the molecule is COC(=O)C[C@@H](c1ccsc1)c1oc(CN2CCN(c3ccc(OC)cc3)CC2)cc(=O)c1O. The van der Waals surface area contributed by atoms with Crippen molar-refractivity contribution < 1.29 is 23.8 Å². The fourth-order valence-electron chi connectivity index (χ4n) is 4.13. The van der Waals surface area contributed by atoms with Crippen LogP contribution in [0.5, 0.6) is 11.5 Å². The average molecular weight is 485 g/mol. The maximum Gasteiger partial charge on any atom is 0.306 e. The molecule has 3 heterocycles. The van der Waals surface area contributed by atoms with Gasteiger partial charge >= 0.3 is 5.97 Å². The molecule has 180 valence electrons. The maximum atomic E-state index is 12.6. The molecule has 0 unspecified atom stereocenters. The molecule has 1 saturated heterocycles. The van der Waals surface area contributed by atoms with E-state index in [9.17, 15) is 14.7 Å². The third-order valence-corrected chi connectivity index (χ3v) is 6.75. The van der Waals surface area contributed by atoms with Gasteiger partial charge in [-0.05, 0) is 46.7 Å². The molecule has 0 aliphatic carbocycles. The third-order valence-electron chi connectivity index (χ3n) is 6.05. The van der Waals surface area contributed by atoms with Gasteiger partial charge in [-0.1, -0.05) is 0 Å². The Kier molecular flexibility index (Phi) is 7.54. The minimum atomic E-state index is -0.599. The van der Waals surface area contributed by atoms with E-state index in [0.29, 0.717) is 12.3 Å². The van der Waals surface area contributed by atoms with Gasteiger partial charge in [-0.15, -0.1) is 0 Å². The number of esters is 1. The summed E-state index contributed by atoms with van der Waals surface area (Å²) in [5.74, 6) is -0.123. The topological polar surface area (TPSA) is 92.5 Å². The standard InChI is InChI=1S/C25H28N2O6S/c1-31-19-5-3-18(4-6-19)27-10-8-26(9-11-27)15-20-13-22(28)24(30)25(33-20)21(14-23(29)32-2)17-7-12-34-16-17/h3-7,12-13,16,21,30H,8-11,14-15H2,1-2H3/t21-/m0/s1. The van der Waals surface area contributed by atoms with Crippen molar-refractivity contribution >= 4 is 23.0 Å². The third kappa shape index (κ3) is 5.43. The van der Waals surface area contributed by atoms with Crippen LogP contribution in [0, 0.1) is 0 Å². The summed E-state index contributed by atoms with van der Waals surface area (Å²) in [5, 5.41) is 14.2. The molecule has 0 spiro atoms. The van der Waals surface area contributed by atoms with Crippen LogP contribution in [-0.4, -0.2) is 56.4 Å². The molecule has 3 aromatic rings. The smallest absolute Gasteiger partial charge is 0.306 e. The van der Waals surface area contributed by atoms with Crippen molar-refractivity contribution in [1.29, 1.82) is 0 Å². The van der Waals surface area contributed by atoms with Gasteiger partial charge in [-0.25, -0.2) is 0 Å². The maximum absolute atomic E-state index is 12.6. The number of carbonyl (C=O) groups is 1. The summed E-state index contributed by atoms with van der Waals surface area (Å²) in [6.07, 6.45) is -0.0340. The summed E-state index contributed by atoms with van der Waals surface area (Å²) >= 11 is 1.47. The molecule has 1 atom stereocenters. The number of nitrogens with zero attached hydrogens (tertiary/aromatic N) is 2. The lowest BCUT2D eigenvalue weighted by atomic mass is 9.94. The molecule has 34 heavy (non-hydrogen) atoms. The highest BCUT2D eigenvalue weighted by atomic mass is 32.1. The van der Waals surface area contributed by atoms with Crippen molar-refractivity contribution in [1.82, 2.24) is 4.90 Å². The number of benzene rings is 1. The normalized spacial score (nSPS) is 15.2. The van der Waals surface area contributed by atoms with Gasteiger partial charge in [0.15, 0.2) is 5.76 Å². The van der Waals surface area contributed by atoms with Crippen molar-refractivity contribution in [3.63, 3.8) is 0 Å². The second kappa shape index (κ2) is 10.8. The van der Waals surface area contributed by atoms with Gasteiger partial charge in [0.1, 0.15) is 11.5 Å². The molecular formula is C25H28N2O6S. The van der Waals surface area contributed by atoms with Gasteiger partial charge in [-0.2, -0.15) is 11.3 Å². The van der Waals surface area contributed by atoms with Crippen molar-refractivity contribution in [2.24, 2.45) is 0 Å². The van der Waals surface area contributed by atoms with Crippen LogP contribution in [-0.2, 0) is 16.1 Å². The van der Waals surface area contributed by atoms with Crippen molar-refractivity contribution in [2.45, 2.75) is 18.9 Å². The first-order valence-electron chi connectivity index (χ1n) is 11.0. The van der Waals surface area contributed by atoms with Gasteiger partial charge in [0.05, 0.1) is 33.1 Å². The molecular weight excluding hydrogens is 456 g/mol. The summed E-state index contributed by atoms with van der Waals surface area (Å²) in [7, 11) is 2.96. The monoisotopic (exact) mass is 484 g/mol. The van der Waals surface area contributed by atoms with Crippen LogP contribution in [0.25, 0.3) is 0 Å². The van der Waals surface area contributed by atoms with Gasteiger partial charge < -0.3 is 23.9 Å². The van der Waals surface area contributed by atoms with Crippen LogP contribution >= 0.6 is 11.3 Å². The predicted octanol–water partition coefficient (Wildman–Crippen LogP) is 3.43. The highest BCUT2D eigenvalue weighted by molar-refractivity contribution is 7.08. The molecule has 0 saturated carbocycles. The number of anilines is 1. The molecule has 1 aromatic carbocycles. The van der Waals surface area contributed by atoms with E-state index in [2.05, 4.69) is 9.80 Å². The molecule has 0 radical (unpaired) electrons. The van der Waals surface area contributed by atoms with E-state index in [-0.39, 0.29) is 12.2 Å². The zero-order valence-corrected chi connectivity index (χ0v) is 20.0. The number of hydrogen-bond donors (Lipinski definition) is 1. The number of methoxy groups -OCH3 is 2. The quantitative estimate of drug-likeness (QED) is 0.486. The van der Waals surface area contributed by atoms with Crippen molar-refractivity contribution in [3.8, 4) is 11.5 Å². The lowest BCUT2D eigenvalue weighted by molar-refractivity contribution is -0.140.